The second kappa shape index (κ2) is 5.86. The van der Waals surface area contributed by atoms with E-state index in [9.17, 15) is 0 Å². The van der Waals surface area contributed by atoms with E-state index in [1.807, 2.05) is 0 Å². The lowest BCUT2D eigenvalue weighted by molar-refractivity contribution is 0.546. The minimum Gasteiger partial charge on any atom is -0.329 e. The van der Waals surface area contributed by atoms with Crippen molar-refractivity contribution in [3.8, 4) is 12.3 Å². The van der Waals surface area contributed by atoms with Crippen LogP contribution in [0.5, 0.6) is 0 Å². The fraction of sp³-hybridized carbons (Fsp3) is 0.467. The molecule has 0 heterocycles. The van der Waals surface area contributed by atoms with Gasteiger partial charge in [0, 0.05) is 25.6 Å². The third-order valence-corrected chi connectivity index (χ3v) is 3.28. The molecule has 2 heteroatoms. The van der Waals surface area contributed by atoms with Crippen LogP contribution in [-0.4, -0.2) is 13.1 Å². The Labute approximate surface area is 104 Å². The lowest BCUT2D eigenvalue weighted by Gasteiger charge is -2.20. The van der Waals surface area contributed by atoms with E-state index in [0.29, 0.717) is 6.54 Å². The molecule has 0 amide bonds. The molecule has 0 bridgehead atoms. The zero-order valence-corrected chi connectivity index (χ0v) is 10.2. The first-order valence-corrected chi connectivity index (χ1v) is 6.32. The third kappa shape index (κ3) is 3.09. The predicted molar refractivity (Wildman–Crippen MR) is 71.7 cm³/mol. The largest absolute Gasteiger partial charge is 0.329 e. The molecule has 0 radical (unpaired) electrons. The van der Waals surface area contributed by atoms with Gasteiger partial charge in [-0.15, -0.1) is 12.3 Å². The number of nitrogens with two attached hydrogens (primary N) is 1. The van der Waals surface area contributed by atoms with Gasteiger partial charge in [0.1, 0.15) is 0 Å². The maximum absolute atomic E-state index is 5.86. The molecule has 1 aliphatic rings. The van der Waals surface area contributed by atoms with Crippen molar-refractivity contribution in [2.75, 3.05) is 13.1 Å². The van der Waals surface area contributed by atoms with E-state index in [0.717, 1.165) is 18.9 Å². The van der Waals surface area contributed by atoms with Gasteiger partial charge in [0.2, 0.25) is 0 Å². The van der Waals surface area contributed by atoms with Gasteiger partial charge in [-0.2, -0.15) is 0 Å². The van der Waals surface area contributed by atoms with Crippen molar-refractivity contribution in [3.63, 3.8) is 0 Å². The molecule has 1 atom stereocenters. The summed E-state index contributed by atoms with van der Waals surface area (Å²) < 4.78 is 0. The standard InChI is InChI=1S/C15H20N2/c1-2-3-10-17-15(11-16)14-7-5-4-6-13(14)12-8-9-12/h1,4-7,12,15,17H,3,8-11,16H2. The van der Waals surface area contributed by atoms with Crippen molar-refractivity contribution < 1.29 is 0 Å². The van der Waals surface area contributed by atoms with Gasteiger partial charge in [0.25, 0.3) is 0 Å². The van der Waals surface area contributed by atoms with E-state index in [4.69, 9.17) is 12.2 Å². The van der Waals surface area contributed by atoms with Crippen LogP contribution in [0.25, 0.3) is 0 Å². The highest BCUT2D eigenvalue weighted by Gasteiger charge is 2.27. The summed E-state index contributed by atoms with van der Waals surface area (Å²) in [4.78, 5) is 0. The smallest absolute Gasteiger partial charge is 0.0447 e. The second-order valence-electron chi connectivity index (χ2n) is 4.60. The Kier molecular flexibility index (Phi) is 4.19. The Morgan fingerprint density at radius 1 is 1.41 bits per heavy atom. The summed E-state index contributed by atoms with van der Waals surface area (Å²) in [5.74, 6) is 3.40. The normalized spacial score (nSPS) is 16.5. The van der Waals surface area contributed by atoms with Gasteiger partial charge >= 0.3 is 0 Å². The van der Waals surface area contributed by atoms with E-state index < -0.39 is 0 Å². The average molecular weight is 228 g/mol. The number of terminal acetylenes is 1. The van der Waals surface area contributed by atoms with E-state index in [1.165, 1.54) is 24.0 Å². The molecule has 90 valence electrons. The Hall–Kier alpha value is -1.30. The van der Waals surface area contributed by atoms with Gasteiger partial charge in [-0.3, -0.25) is 0 Å². The first-order valence-electron chi connectivity index (χ1n) is 6.32. The van der Waals surface area contributed by atoms with Gasteiger partial charge < -0.3 is 11.1 Å². The molecule has 0 aliphatic heterocycles. The monoisotopic (exact) mass is 228 g/mol. The summed E-state index contributed by atoms with van der Waals surface area (Å²) in [6, 6.07) is 8.87. The molecular formula is C15H20N2. The molecule has 1 fully saturated rings. The SMILES string of the molecule is C#CCCNC(CN)c1ccccc1C1CC1. The van der Waals surface area contributed by atoms with Crippen molar-refractivity contribution in [3.05, 3.63) is 35.4 Å². The fourth-order valence-corrected chi connectivity index (χ4v) is 2.23. The minimum atomic E-state index is 0.236. The van der Waals surface area contributed by atoms with Crippen molar-refractivity contribution in [1.29, 1.82) is 0 Å². The third-order valence-electron chi connectivity index (χ3n) is 3.28. The van der Waals surface area contributed by atoms with Crippen LogP contribution in [0, 0.1) is 12.3 Å². The van der Waals surface area contributed by atoms with Gasteiger partial charge in [0.05, 0.1) is 0 Å². The Morgan fingerprint density at radius 3 is 2.82 bits per heavy atom. The molecule has 0 spiro atoms. The van der Waals surface area contributed by atoms with Crippen LogP contribution in [0.3, 0.4) is 0 Å². The van der Waals surface area contributed by atoms with Crippen molar-refractivity contribution in [2.24, 2.45) is 5.73 Å². The lowest BCUT2D eigenvalue weighted by atomic mass is 9.97. The number of rotatable bonds is 6. The summed E-state index contributed by atoms with van der Waals surface area (Å²) in [7, 11) is 0. The van der Waals surface area contributed by atoms with Crippen LogP contribution in [0.4, 0.5) is 0 Å². The first kappa shape index (κ1) is 12.2. The Bertz CT molecular complexity index is 402. The molecule has 3 N–H and O–H groups in total. The molecule has 2 rings (SSSR count). The molecule has 17 heavy (non-hydrogen) atoms. The highest BCUT2D eigenvalue weighted by molar-refractivity contribution is 5.35. The molecule has 1 aliphatic carbocycles. The van der Waals surface area contributed by atoms with Crippen LogP contribution < -0.4 is 11.1 Å². The highest BCUT2D eigenvalue weighted by atomic mass is 14.9. The zero-order chi connectivity index (χ0) is 12.1. The lowest BCUT2D eigenvalue weighted by Crippen LogP contribution is -2.29. The quantitative estimate of drug-likeness (QED) is 0.578. The van der Waals surface area contributed by atoms with Gasteiger partial charge in [-0.1, -0.05) is 24.3 Å². The van der Waals surface area contributed by atoms with Crippen molar-refractivity contribution in [1.82, 2.24) is 5.32 Å². The maximum Gasteiger partial charge on any atom is 0.0447 e. The molecule has 1 saturated carbocycles. The molecule has 0 aromatic heterocycles. The summed E-state index contributed by atoms with van der Waals surface area (Å²) in [5.41, 5.74) is 8.69. The Morgan fingerprint density at radius 2 is 2.18 bits per heavy atom. The second-order valence-corrected chi connectivity index (χ2v) is 4.60. The van der Waals surface area contributed by atoms with Gasteiger partial charge in [-0.05, 0) is 29.9 Å². The molecule has 2 nitrogen and oxygen atoms in total. The molecule has 1 aromatic carbocycles. The van der Waals surface area contributed by atoms with Crippen LogP contribution in [0.15, 0.2) is 24.3 Å². The maximum atomic E-state index is 5.86. The molecule has 0 saturated heterocycles. The van der Waals surface area contributed by atoms with Gasteiger partial charge in [0.15, 0.2) is 0 Å². The van der Waals surface area contributed by atoms with Crippen LogP contribution in [0.1, 0.15) is 42.3 Å². The van der Waals surface area contributed by atoms with Gasteiger partial charge in [-0.25, -0.2) is 0 Å². The number of benzene rings is 1. The summed E-state index contributed by atoms with van der Waals surface area (Å²) in [6.07, 6.45) is 8.65. The molecular weight excluding hydrogens is 208 g/mol. The van der Waals surface area contributed by atoms with E-state index in [2.05, 4.69) is 35.5 Å². The van der Waals surface area contributed by atoms with Crippen molar-refractivity contribution in [2.45, 2.75) is 31.2 Å². The summed E-state index contributed by atoms with van der Waals surface area (Å²) in [5, 5.41) is 3.44. The number of hydrogen-bond donors (Lipinski definition) is 2. The van der Waals surface area contributed by atoms with Crippen molar-refractivity contribution >= 4 is 0 Å². The Balaban J connectivity index is 2.09. The summed E-state index contributed by atoms with van der Waals surface area (Å²) in [6.45, 7) is 1.45. The van der Waals surface area contributed by atoms with Crippen LogP contribution >= 0.6 is 0 Å². The first-order chi connectivity index (χ1) is 8.36. The molecule has 1 aromatic rings. The zero-order valence-electron chi connectivity index (χ0n) is 10.2. The van der Waals surface area contributed by atoms with Crippen LogP contribution in [-0.2, 0) is 0 Å². The topological polar surface area (TPSA) is 38.0 Å². The number of hydrogen-bond acceptors (Lipinski definition) is 2. The van der Waals surface area contributed by atoms with E-state index in [1.54, 1.807) is 0 Å². The van der Waals surface area contributed by atoms with E-state index in [-0.39, 0.29) is 6.04 Å². The number of nitrogens with one attached hydrogen (secondary N) is 1. The average Bonchev–Trinajstić information content (AvgIpc) is 3.19. The summed E-state index contributed by atoms with van der Waals surface area (Å²) >= 11 is 0. The highest BCUT2D eigenvalue weighted by Crippen LogP contribution is 2.42. The predicted octanol–water partition coefficient (Wildman–Crippen LogP) is 2.18. The minimum absolute atomic E-state index is 0.236. The fourth-order valence-electron chi connectivity index (χ4n) is 2.23. The molecule has 1 unspecified atom stereocenters. The van der Waals surface area contributed by atoms with E-state index >= 15 is 0 Å². The van der Waals surface area contributed by atoms with Crippen LogP contribution in [0.2, 0.25) is 0 Å².